The lowest BCUT2D eigenvalue weighted by molar-refractivity contribution is -0.0216. The van der Waals surface area contributed by atoms with Gasteiger partial charge in [-0.1, -0.05) is 28.1 Å². The van der Waals surface area contributed by atoms with Gasteiger partial charge in [0.2, 0.25) is 0 Å². The van der Waals surface area contributed by atoms with Crippen molar-refractivity contribution in [2.75, 3.05) is 0 Å². The highest BCUT2D eigenvalue weighted by Crippen LogP contribution is 2.30. The Balaban J connectivity index is 1.84. The topological polar surface area (TPSA) is 35.5 Å². The third kappa shape index (κ3) is 2.57. The molecule has 0 amide bonds. The molecule has 1 aliphatic heterocycles. The van der Waals surface area contributed by atoms with E-state index in [1.807, 2.05) is 29.6 Å². The van der Waals surface area contributed by atoms with E-state index in [-0.39, 0.29) is 5.78 Å². The smallest absolute Gasteiger partial charge is 0.275 e. The van der Waals surface area contributed by atoms with Gasteiger partial charge >= 0.3 is 0 Å². The summed E-state index contributed by atoms with van der Waals surface area (Å²) in [7, 11) is 0. The van der Waals surface area contributed by atoms with Crippen LogP contribution in [-0.2, 0) is 9.47 Å². The molecule has 0 aliphatic carbocycles. The largest absolute Gasteiger partial charge is 0.454 e. The van der Waals surface area contributed by atoms with Gasteiger partial charge in [-0.2, -0.15) is 0 Å². The number of ketones is 1. The number of rotatable bonds is 3. The Hall–Kier alpha value is -1.59. The molecule has 0 saturated heterocycles. The first-order valence-corrected chi connectivity index (χ1v) is 7.26. The first kappa shape index (κ1) is 12.4. The van der Waals surface area contributed by atoms with E-state index >= 15 is 0 Å². The van der Waals surface area contributed by atoms with E-state index in [9.17, 15) is 4.79 Å². The van der Waals surface area contributed by atoms with Crippen molar-refractivity contribution in [1.29, 1.82) is 0 Å². The maximum absolute atomic E-state index is 12.3. The van der Waals surface area contributed by atoms with Crippen LogP contribution in [0.2, 0.25) is 0 Å². The quantitative estimate of drug-likeness (QED) is 0.785. The van der Waals surface area contributed by atoms with Crippen LogP contribution in [-0.4, -0.2) is 5.78 Å². The molecule has 1 aliphatic rings. The fourth-order valence-corrected chi connectivity index (χ4v) is 3.02. The van der Waals surface area contributed by atoms with Gasteiger partial charge in [0.15, 0.2) is 5.78 Å². The normalized spacial score (nSPS) is 14.2. The van der Waals surface area contributed by atoms with Gasteiger partial charge in [-0.15, -0.1) is 11.3 Å². The van der Waals surface area contributed by atoms with E-state index in [2.05, 4.69) is 15.9 Å². The van der Waals surface area contributed by atoms with Crippen LogP contribution < -0.4 is 0 Å². The van der Waals surface area contributed by atoms with Crippen LogP contribution in [0.15, 0.2) is 52.7 Å². The van der Waals surface area contributed by atoms with Gasteiger partial charge in [0.1, 0.15) is 12.5 Å². The fraction of sp³-hybridized carbons (Fsp3) is 0.0714. The van der Waals surface area contributed by atoms with Gasteiger partial charge in [-0.05, 0) is 18.2 Å². The third-order valence-electron chi connectivity index (χ3n) is 2.66. The number of ether oxygens (including phenoxy) is 2. The molecule has 0 N–H and O–H groups in total. The van der Waals surface area contributed by atoms with Crippen LogP contribution in [0.3, 0.4) is 0 Å². The summed E-state index contributed by atoms with van der Waals surface area (Å²) >= 11 is 4.82. The molecule has 0 radical (unpaired) electrons. The standard InChI is InChI=1S/C14H9BrO3S/c15-11-3-1-2-9(6-11)13(16)10-7-12(19-8-10)14-17-4-5-18-14/h1-8,14H. The first-order chi connectivity index (χ1) is 9.24. The predicted octanol–water partition coefficient (Wildman–Crippen LogP) is 4.26. The summed E-state index contributed by atoms with van der Waals surface area (Å²) in [6.07, 6.45) is 2.58. The molecule has 2 aromatic rings. The van der Waals surface area contributed by atoms with Crippen molar-refractivity contribution >= 4 is 33.0 Å². The molecule has 0 fully saturated rings. The molecule has 2 heterocycles. The van der Waals surface area contributed by atoms with Crippen LogP contribution >= 0.6 is 27.3 Å². The molecule has 0 unspecified atom stereocenters. The average Bonchev–Trinajstić information content (AvgIpc) is 3.08. The first-order valence-electron chi connectivity index (χ1n) is 5.59. The molecule has 3 rings (SSSR count). The van der Waals surface area contributed by atoms with Crippen LogP contribution in [0, 0.1) is 0 Å². The number of halogens is 1. The zero-order chi connectivity index (χ0) is 13.2. The number of carbonyl (C=O) groups is 1. The van der Waals surface area contributed by atoms with Gasteiger partial charge < -0.3 is 9.47 Å². The lowest BCUT2D eigenvalue weighted by atomic mass is 10.1. The van der Waals surface area contributed by atoms with Crippen molar-refractivity contribution in [3.63, 3.8) is 0 Å². The lowest BCUT2D eigenvalue weighted by Gasteiger charge is -2.06. The Morgan fingerprint density at radius 3 is 2.68 bits per heavy atom. The van der Waals surface area contributed by atoms with Crippen molar-refractivity contribution in [3.05, 3.63) is 68.7 Å². The molecule has 0 saturated carbocycles. The van der Waals surface area contributed by atoms with Gasteiger partial charge in [0, 0.05) is 21.0 Å². The summed E-state index contributed by atoms with van der Waals surface area (Å²) < 4.78 is 11.4. The number of thiophene rings is 1. The summed E-state index contributed by atoms with van der Waals surface area (Å²) in [5.41, 5.74) is 1.31. The molecule has 3 nitrogen and oxygen atoms in total. The number of hydrogen-bond donors (Lipinski definition) is 0. The lowest BCUT2D eigenvalue weighted by Crippen LogP contribution is -2.00. The van der Waals surface area contributed by atoms with E-state index in [0.717, 1.165) is 9.35 Å². The molecule has 96 valence electrons. The van der Waals surface area contributed by atoms with Gasteiger partial charge in [0.25, 0.3) is 6.29 Å². The minimum atomic E-state index is -0.422. The summed E-state index contributed by atoms with van der Waals surface area (Å²) in [6.45, 7) is 0. The highest BCUT2D eigenvalue weighted by Gasteiger charge is 2.20. The van der Waals surface area contributed by atoms with Gasteiger partial charge in [-0.3, -0.25) is 4.79 Å². The summed E-state index contributed by atoms with van der Waals surface area (Å²) in [4.78, 5) is 13.2. The van der Waals surface area contributed by atoms with E-state index in [0.29, 0.717) is 11.1 Å². The van der Waals surface area contributed by atoms with Crippen LogP contribution in [0.5, 0.6) is 0 Å². The minimum absolute atomic E-state index is 0.00486. The van der Waals surface area contributed by atoms with E-state index in [4.69, 9.17) is 9.47 Å². The fourth-order valence-electron chi connectivity index (χ4n) is 1.76. The second kappa shape index (κ2) is 5.19. The maximum atomic E-state index is 12.3. The van der Waals surface area contributed by atoms with Crippen molar-refractivity contribution in [2.24, 2.45) is 0 Å². The maximum Gasteiger partial charge on any atom is 0.275 e. The molecule has 0 spiro atoms. The summed E-state index contributed by atoms with van der Waals surface area (Å²) in [5.74, 6) is -0.00486. The van der Waals surface area contributed by atoms with Crippen LogP contribution in [0.25, 0.3) is 0 Å². The van der Waals surface area contributed by atoms with E-state index < -0.39 is 6.29 Å². The highest BCUT2D eigenvalue weighted by atomic mass is 79.9. The van der Waals surface area contributed by atoms with Crippen LogP contribution in [0.4, 0.5) is 0 Å². The Bertz CT molecular complexity index is 640. The molecular formula is C14H9BrO3S. The summed E-state index contributed by atoms with van der Waals surface area (Å²) in [5, 5.41) is 1.82. The predicted molar refractivity (Wildman–Crippen MR) is 75.9 cm³/mol. The number of hydrogen-bond acceptors (Lipinski definition) is 4. The SMILES string of the molecule is O=C(c1cccc(Br)c1)c1csc(C2OC=CO2)c1. The Morgan fingerprint density at radius 1 is 1.16 bits per heavy atom. The van der Waals surface area contributed by atoms with Crippen molar-refractivity contribution in [3.8, 4) is 0 Å². The molecule has 19 heavy (non-hydrogen) atoms. The van der Waals surface area contributed by atoms with E-state index in [1.165, 1.54) is 23.9 Å². The van der Waals surface area contributed by atoms with E-state index in [1.54, 1.807) is 6.07 Å². The molecule has 1 aromatic carbocycles. The molecule has 0 bridgehead atoms. The second-order valence-corrected chi connectivity index (χ2v) is 5.81. The second-order valence-electron chi connectivity index (χ2n) is 3.95. The number of carbonyl (C=O) groups excluding carboxylic acids is 1. The Morgan fingerprint density at radius 2 is 1.95 bits per heavy atom. The zero-order valence-electron chi connectivity index (χ0n) is 9.71. The summed E-state index contributed by atoms with van der Waals surface area (Å²) in [6, 6.07) is 9.16. The van der Waals surface area contributed by atoms with Crippen LogP contribution in [0.1, 0.15) is 27.1 Å². The number of benzene rings is 1. The molecule has 0 atom stereocenters. The van der Waals surface area contributed by atoms with Gasteiger partial charge in [-0.25, -0.2) is 0 Å². The monoisotopic (exact) mass is 336 g/mol. The Kier molecular flexibility index (Phi) is 3.40. The molecule has 1 aromatic heterocycles. The minimum Gasteiger partial charge on any atom is -0.454 e. The van der Waals surface area contributed by atoms with Crippen molar-refractivity contribution < 1.29 is 14.3 Å². The zero-order valence-corrected chi connectivity index (χ0v) is 12.1. The average molecular weight is 337 g/mol. The van der Waals surface area contributed by atoms with Crippen molar-refractivity contribution in [1.82, 2.24) is 0 Å². The third-order valence-corrected chi connectivity index (χ3v) is 4.11. The van der Waals surface area contributed by atoms with Gasteiger partial charge in [0.05, 0.1) is 4.88 Å². The molecular weight excluding hydrogens is 328 g/mol. The van der Waals surface area contributed by atoms with Crippen molar-refractivity contribution in [2.45, 2.75) is 6.29 Å². The highest BCUT2D eigenvalue weighted by molar-refractivity contribution is 9.10. The Labute approximate surface area is 122 Å². The molecule has 5 heteroatoms.